The average molecular weight is 674 g/mol. The summed E-state index contributed by atoms with van der Waals surface area (Å²) in [6.07, 6.45) is 9.78. The van der Waals surface area contributed by atoms with Gasteiger partial charge in [0, 0.05) is 46.8 Å². The molecule has 9 aromatic rings. The minimum atomic E-state index is 0.949. The fourth-order valence-electron chi connectivity index (χ4n) is 7.37. The van der Waals surface area contributed by atoms with Crippen molar-refractivity contribution in [3.8, 4) is 22.3 Å². The third kappa shape index (κ3) is 5.06. The van der Waals surface area contributed by atoms with Gasteiger partial charge in [-0.25, -0.2) is 0 Å². The number of benzene rings is 7. The molecule has 0 saturated heterocycles. The molecule has 1 nitrogen and oxygen atoms in total. The Morgan fingerprint density at radius 2 is 1.04 bits per heavy atom. The molecular formula is C47H31NS2. The van der Waals surface area contributed by atoms with E-state index < -0.39 is 0 Å². The molecular weight excluding hydrogens is 643 g/mol. The summed E-state index contributed by atoms with van der Waals surface area (Å²) < 4.78 is 4.00. The van der Waals surface area contributed by atoms with Crippen LogP contribution in [0.5, 0.6) is 0 Å². The topological polar surface area (TPSA) is 3.24 Å². The van der Waals surface area contributed by atoms with Crippen LogP contribution >= 0.6 is 22.7 Å². The summed E-state index contributed by atoms with van der Waals surface area (Å²) in [5.74, 6) is 0. The Bertz CT molecular complexity index is 2780. The Morgan fingerprint density at radius 1 is 0.420 bits per heavy atom. The molecule has 0 unspecified atom stereocenters. The van der Waals surface area contributed by atoms with Crippen molar-refractivity contribution in [3.63, 3.8) is 0 Å². The van der Waals surface area contributed by atoms with E-state index in [1.54, 1.807) is 0 Å². The molecule has 0 radical (unpaired) electrons. The molecule has 236 valence electrons. The van der Waals surface area contributed by atoms with E-state index >= 15 is 0 Å². The van der Waals surface area contributed by atoms with Crippen LogP contribution in [-0.4, -0.2) is 0 Å². The van der Waals surface area contributed by atoms with Gasteiger partial charge in [-0.2, -0.15) is 0 Å². The van der Waals surface area contributed by atoms with Crippen molar-refractivity contribution < 1.29 is 0 Å². The minimum Gasteiger partial charge on any atom is -0.310 e. The molecule has 0 bridgehead atoms. The highest BCUT2D eigenvalue weighted by Gasteiger charge is 2.17. The van der Waals surface area contributed by atoms with Crippen molar-refractivity contribution in [2.45, 2.75) is 6.42 Å². The van der Waals surface area contributed by atoms with Gasteiger partial charge in [-0.05, 0) is 123 Å². The molecule has 3 heteroatoms. The van der Waals surface area contributed by atoms with Crippen molar-refractivity contribution >= 4 is 86.8 Å². The maximum atomic E-state index is 2.40. The third-order valence-electron chi connectivity index (χ3n) is 9.92. The van der Waals surface area contributed by atoms with Crippen molar-refractivity contribution in [2.75, 3.05) is 4.90 Å². The summed E-state index contributed by atoms with van der Waals surface area (Å²) in [4.78, 5) is 3.75. The zero-order valence-corrected chi connectivity index (χ0v) is 28.8. The van der Waals surface area contributed by atoms with Gasteiger partial charge in [-0.15, -0.1) is 22.7 Å². The Morgan fingerprint density at radius 3 is 1.86 bits per heavy atom. The summed E-state index contributed by atoms with van der Waals surface area (Å²) in [6, 6.07) is 56.0. The van der Waals surface area contributed by atoms with Gasteiger partial charge in [0.1, 0.15) is 0 Å². The van der Waals surface area contributed by atoms with E-state index in [2.05, 4.69) is 181 Å². The van der Waals surface area contributed by atoms with Gasteiger partial charge in [-0.1, -0.05) is 103 Å². The number of rotatable bonds is 5. The first-order valence-corrected chi connectivity index (χ1v) is 18.7. The van der Waals surface area contributed by atoms with Crippen LogP contribution in [0.15, 0.2) is 170 Å². The average Bonchev–Trinajstić information content (AvgIpc) is 3.62. The van der Waals surface area contributed by atoms with Crippen LogP contribution in [0, 0.1) is 0 Å². The minimum absolute atomic E-state index is 0.949. The fourth-order valence-corrected chi connectivity index (χ4v) is 9.59. The van der Waals surface area contributed by atoms with E-state index in [1.165, 1.54) is 73.7 Å². The lowest BCUT2D eigenvalue weighted by molar-refractivity contribution is 1.28. The van der Waals surface area contributed by atoms with Crippen LogP contribution in [0.1, 0.15) is 10.4 Å². The third-order valence-corrected chi connectivity index (χ3v) is 12.3. The van der Waals surface area contributed by atoms with Crippen LogP contribution in [0.3, 0.4) is 0 Å². The van der Waals surface area contributed by atoms with Crippen LogP contribution in [-0.2, 0) is 6.42 Å². The highest BCUT2D eigenvalue weighted by Crippen LogP contribution is 2.42. The van der Waals surface area contributed by atoms with Crippen LogP contribution < -0.4 is 4.90 Å². The summed E-state index contributed by atoms with van der Waals surface area (Å²) in [7, 11) is 0. The lowest BCUT2D eigenvalue weighted by Crippen LogP contribution is -2.09. The highest BCUT2D eigenvalue weighted by molar-refractivity contribution is 7.25. The van der Waals surface area contributed by atoms with Gasteiger partial charge in [0.2, 0.25) is 0 Å². The van der Waals surface area contributed by atoms with Crippen molar-refractivity contribution in [2.24, 2.45) is 0 Å². The van der Waals surface area contributed by atoms with Crippen molar-refractivity contribution in [3.05, 3.63) is 180 Å². The molecule has 0 fully saturated rings. The van der Waals surface area contributed by atoms with Crippen molar-refractivity contribution in [1.29, 1.82) is 0 Å². The predicted molar refractivity (Wildman–Crippen MR) is 220 cm³/mol. The first-order valence-electron chi connectivity index (χ1n) is 17.0. The summed E-state index contributed by atoms with van der Waals surface area (Å²) in [6.45, 7) is 0. The molecule has 2 aromatic heterocycles. The summed E-state index contributed by atoms with van der Waals surface area (Å²) >= 11 is 3.75. The largest absolute Gasteiger partial charge is 0.310 e. The summed E-state index contributed by atoms with van der Waals surface area (Å²) in [5.41, 5.74) is 9.73. The maximum Gasteiger partial charge on any atom is 0.0468 e. The van der Waals surface area contributed by atoms with Gasteiger partial charge in [0.25, 0.3) is 0 Å². The van der Waals surface area contributed by atoms with Crippen molar-refractivity contribution in [1.82, 2.24) is 0 Å². The number of nitrogens with zero attached hydrogens (tertiary/aromatic N) is 1. The van der Waals surface area contributed by atoms with Crippen LogP contribution in [0.2, 0.25) is 0 Å². The molecule has 1 aliphatic carbocycles. The number of hydrogen-bond donors (Lipinski definition) is 0. The fraction of sp³-hybridized carbons (Fsp3) is 0.0213. The molecule has 0 spiro atoms. The standard InChI is InChI=1S/C47H31NS2/c1-2-10-41-43-30-39(25-27-47(43)50-44(41)12-3-1)48(37-21-16-32(17-22-37)35-15-14-31-8-4-5-9-34(31)28-35)38-23-18-33(19-24-38)36-20-26-46-42(29-36)40-11-6-7-13-45(40)49-46/h1-9,11-30H,10H2. The zero-order valence-electron chi connectivity index (χ0n) is 27.2. The van der Waals surface area contributed by atoms with Crippen LogP contribution in [0.4, 0.5) is 17.1 Å². The molecule has 0 saturated carbocycles. The molecule has 0 atom stereocenters. The lowest BCUT2D eigenvalue weighted by atomic mass is 10.0. The quantitative estimate of drug-likeness (QED) is 0.176. The molecule has 0 aliphatic heterocycles. The van der Waals surface area contributed by atoms with Gasteiger partial charge < -0.3 is 4.90 Å². The zero-order chi connectivity index (χ0) is 33.0. The van der Waals surface area contributed by atoms with Gasteiger partial charge in [0.15, 0.2) is 0 Å². The second-order valence-corrected chi connectivity index (χ2v) is 15.1. The Hall–Kier alpha value is -5.74. The first-order chi connectivity index (χ1) is 24.7. The van der Waals surface area contributed by atoms with E-state index in [-0.39, 0.29) is 0 Å². The Kier molecular flexibility index (Phi) is 7.00. The Labute approximate surface area is 299 Å². The summed E-state index contributed by atoms with van der Waals surface area (Å²) in [5, 5.41) is 6.52. The van der Waals surface area contributed by atoms with Gasteiger partial charge >= 0.3 is 0 Å². The molecule has 0 amide bonds. The van der Waals surface area contributed by atoms with Gasteiger partial charge in [0.05, 0.1) is 0 Å². The molecule has 10 rings (SSSR count). The first kappa shape index (κ1) is 29.2. The van der Waals surface area contributed by atoms with E-state index in [9.17, 15) is 0 Å². The predicted octanol–water partition coefficient (Wildman–Crippen LogP) is 14.4. The lowest BCUT2D eigenvalue weighted by Gasteiger charge is -2.26. The second-order valence-electron chi connectivity index (χ2n) is 12.9. The van der Waals surface area contributed by atoms with E-state index in [4.69, 9.17) is 0 Å². The molecule has 0 N–H and O–H groups in total. The molecule has 7 aromatic carbocycles. The van der Waals surface area contributed by atoms with Gasteiger partial charge in [-0.3, -0.25) is 0 Å². The smallest absolute Gasteiger partial charge is 0.0468 e. The van der Waals surface area contributed by atoms with E-state index in [1.807, 2.05) is 22.7 Å². The Balaban J connectivity index is 1.06. The van der Waals surface area contributed by atoms with E-state index in [0.717, 1.165) is 23.5 Å². The van der Waals surface area contributed by atoms with E-state index in [0.29, 0.717) is 0 Å². The number of hydrogen-bond acceptors (Lipinski definition) is 3. The number of allylic oxidation sites excluding steroid dienone is 3. The molecule has 2 heterocycles. The van der Waals surface area contributed by atoms with Crippen LogP contribution in [0.25, 0.3) is 69.4 Å². The number of anilines is 3. The highest BCUT2D eigenvalue weighted by atomic mass is 32.1. The monoisotopic (exact) mass is 673 g/mol. The molecule has 50 heavy (non-hydrogen) atoms. The maximum absolute atomic E-state index is 2.40. The SMILES string of the molecule is C1=CCc2c(sc3ccc(N(c4ccc(-c5ccc6ccccc6c5)cc4)c4ccc(-c5ccc6sc7ccccc7c6c5)cc4)cc23)C=C1. The molecule has 1 aliphatic rings. The number of fused-ring (bicyclic) bond motifs is 7. The number of thiophene rings is 2. The normalized spacial score (nSPS) is 12.6. The second kappa shape index (κ2) is 12.0.